The molecule has 0 aromatic rings. The van der Waals surface area contributed by atoms with Gasteiger partial charge in [-0.05, 0) is 89.4 Å². The molecule has 4 bridgehead atoms. The van der Waals surface area contributed by atoms with E-state index in [0.717, 1.165) is 17.8 Å². The van der Waals surface area contributed by atoms with Gasteiger partial charge in [0.2, 0.25) is 5.91 Å². The Balaban J connectivity index is 1.59. The Morgan fingerprint density at radius 2 is 1.56 bits per heavy atom. The summed E-state index contributed by atoms with van der Waals surface area (Å²) in [6.45, 7) is 7.38. The van der Waals surface area contributed by atoms with Gasteiger partial charge in [0.1, 0.15) is 0 Å². The van der Waals surface area contributed by atoms with E-state index in [0.29, 0.717) is 0 Å². The Morgan fingerprint density at radius 3 is 2.00 bits per heavy atom. The van der Waals surface area contributed by atoms with Crippen LogP contribution in [0.4, 0.5) is 0 Å². The van der Waals surface area contributed by atoms with E-state index in [9.17, 15) is 13.2 Å². The monoisotopic (exact) mass is 367 g/mol. The molecule has 0 atom stereocenters. The number of hydrogen-bond donors (Lipinski definition) is 1. The van der Waals surface area contributed by atoms with E-state index in [1.54, 1.807) is 26.8 Å². The molecule has 0 aromatic carbocycles. The molecule has 0 unspecified atom stereocenters. The molecule has 4 saturated carbocycles. The predicted molar refractivity (Wildman–Crippen MR) is 101 cm³/mol. The molecule has 1 N–H and O–H groups in total. The Labute approximate surface area is 152 Å². The highest BCUT2D eigenvalue weighted by Gasteiger charge is 2.51. The molecule has 4 fully saturated rings. The zero-order valence-electron chi connectivity index (χ0n) is 16.1. The van der Waals surface area contributed by atoms with Crippen molar-refractivity contribution in [3.05, 3.63) is 11.6 Å². The second-order valence-electron chi connectivity index (χ2n) is 9.75. The smallest absolute Gasteiger partial charge is 0.243 e. The Hall–Kier alpha value is -0.840. The fraction of sp³-hybridized carbons (Fsp3) is 0.850. The fourth-order valence-corrected chi connectivity index (χ4v) is 6.59. The van der Waals surface area contributed by atoms with Crippen LogP contribution < -0.4 is 5.32 Å². The first-order chi connectivity index (χ1) is 11.5. The summed E-state index contributed by atoms with van der Waals surface area (Å²) in [5.41, 5.74) is 1.45. The molecule has 4 nitrogen and oxygen atoms in total. The van der Waals surface area contributed by atoms with Crippen LogP contribution in [-0.2, 0) is 14.6 Å². The maximum absolute atomic E-state index is 12.3. The Kier molecular flexibility index (Phi) is 4.85. The number of nitrogens with one attached hydrogen (secondary N) is 1. The van der Waals surface area contributed by atoms with Crippen molar-refractivity contribution in [1.82, 2.24) is 5.32 Å². The zero-order chi connectivity index (χ0) is 18.5. The lowest BCUT2D eigenvalue weighted by molar-refractivity contribution is -0.116. The third-order valence-corrected chi connectivity index (χ3v) is 9.43. The highest BCUT2D eigenvalue weighted by molar-refractivity contribution is 7.92. The van der Waals surface area contributed by atoms with Gasteiger partial charge in [-0.2, -0.15) is 0 Å². The van der Waals surface area contributed by atoms with Gasteiger partial charge >= 0.3 is 0 Å². The van der Waals surface area contributed by atoms with E-state index >= 15 is 0 Å². The molecule has 25 heavy (non-hydrogen) atoms. The van der Waals surface area contributed by atoms with E-state index in [4.69, 9.17) is 0 Å². The maximum atomic E-state index is 12.3. The van der Waals surface area contributed by atoms with Gasteiger partial charge in [0.05, 0.1) is 10.5 Å². The second kappa shape index (κ2) is 6.40. The van der Waals surface area contributed by atoms with Gasteiger partial charge in [0, 0.05) is 12.6 Å². The molecule has 4 rings (SSSR count). The van der Waals surface area contributed by atoms with Crippen molar-refractivity contribution in [3.63, 3.8) is 0 Å². The van der Waals surface area contributed by atoms with Crippen molar-refractivity contribution < 1.29 is 13.2 Å². The number of allylic oxidation sites excluding steroid dienone is 1. The number of carbonyl (C=O) groups excluding carboxylic acids is 1. The summed E-state index contributed by atoms with van der Waals surface area (Å²) in [6.07, 6.45) is 9.65. The van der Waals surface area contributed by atoms with Gasteiger partial charge in [0.25, 0.3) is 0 Å². The van der Waals surface area contributed by atoms with Gasteiger partial charge in [-0.25, -0.2) is 8.42 Å². The van der Waals surface area contributed by atoms with Gasteiger partial charge in [0.15, 0.2) is 9.84 Å². The average Bonchev–Trinajstić information content (AvgIpc) is 2.44. The molecule has 4 aliphatic carbocycles. The fourth-order valence-electron chi connectivity index (χ4n) is 5.61. The second-order valence-corrected chi connectivity index (χ2v) is 12.6. The predicted octanol–water partition coefficient (Wildman–Crippen LogP) is 3.48. The molecule has 0 radical (unpaired) electrons. The van der Waals surface area contributed by atoms with Crippen LogP contribution in [0.3, 0.4) is 0 Å². The van der Waals surface area contributed by atoms with Crippen molar-refractivity contribution in [2.24, 2.45) is 23.2 Å². The first-order valence-corrected chi connectivity index (χ1v) is 11.3. The van der Waals surface area contributed by atoms with Crippen LogP contribution >= 0.6 is 0 Å². The SMILES string of the molecule is CC(=CC(=O)NCCS(=O)(=O)C(C)(C)C)C12CC3CC(CC(C3)C1)C2. The summed E-state index contributed by atoms with van der Waals surface area (Å²) in [7, 11) is -3.19. The third kappa shape index (κ3) is 3.81. The Morgan fingerprint density at radius 1 is 1.08 bits per heavy atom. The summed E-state index contributed by atoms with van der Waals surface area (Å²) in [5.74, 6) is 2.42. The van der Waals surface area contributed by atoms with Crippen LogP contribution in [-0.4, -0.2) is 31.4 Å². The lowest BCUT2D eigenvalue weighted by atomic mass is 9.48. The highest BCUT2D eigenvalue weighted by atomic mass is 32.2. The number of hydrogen-bond acceptors (Lipinski definition) is 3. The summed E-state index contributed by atoms with van der Waals surface area (Å²) in [5, 5.41) is 2.78. The molecule has 0 spiro atoms. The van der Waals surface area contributed by atoms with Gasteiger partial charge < -0.3 is 5.32 Å². The molecule has 1 amide bonds. The standard InChI is InChI=1S/C20H33NO3S/c1-14(7-18(22)21-5-6-25(23,24)19(2,3)4)20-11-15-8-16(12-20)10-17(9-15)13-20/h7,15-17H,5-6,8-13H2,1-4H3,(H,21,22). The molecule has 0 aromatic heterocycles. The van der Waals surface area contributed by atoms with Crippen LogP contribution in [0.1, 0.15) is 66.2 Å². The van der Waals surface area contributed by atoms with Gasteiger partial charge in [-0.15, -0.1) is 0 Å². The molecule has 0 aliphatic heterocycles. The van der Waals surface area contributed by atoms with Crippen molar-refractivity contribution in [1.29, 1.82) is 0 Å². The molecular formula is C20H33NO3S. The van der Waals surface area contributed by atoms with E-state index < -0.39 is 14.6 Å². The summed E-state index contributed by atoms with van der Waals surface area (Å²) in [6, 6.07) is 0. The number of sulfone groups is 1. The normalized spacial score (nSPS) is 35.0. The highest BCUT2D eigenvalue weighted by Crippen LogP contribution is 2.62. The summed E-state index contributed by atoms with van der Waals surface area (Å²) >= 11 is 0. The lowest BCUT2D eigenvalue weighted by Gasteiger charge is -2.57. The van der Waals surface area contributed by atoms with Crippen LogP contribution in [0.5, 0.6) is 0 Å². The van der Waals surface area contributed by atoms with E-state index in [1.807, 2.05) is 0 Å². The minimum absolute atomic E-state index is 0.00745. The van der Waals surface area contributed by atoms with Crippen LogP contribution in [0, 0.1) is 23.2 Å². The van der Waals surface area contributed by atoms with Gasteiger partial charge in [-0.3, -0.25) is 4.79 Å². The quantitative estimate of drug-likeness (QED) is 0.757. The van der Waals surface area contributed by atoms with Crippen LogP contribution in [0.2, 0.25) is 0 Å². The molecule has 4 aliphatic rings. The molecule has 0 saturated heterocycles. The van der Waals surface area contributed by atoms with Crippen LogP contribution in [0.25, 0.3) is 0 Å². The first-order valence-electron chi connectivity index (χ1n) is 9.70. The third-order valence-electron chi connectivity index (χ3n) is 6.83. The maximum Gasteiger partial charge on any atom is 0.243 e. The summed E-state index contributed by atoms with van der Waals surface area (Å²) < 4.78 is 23.5. The van der Waals surface area contributed by atoms with Crippen LogP contribution in [0.15, 0.2) is 11.6 Å². The van der Waals surface area contributed by atoms with Crippen molar-refractivity contribution in [2.75, 3.05) is 12.3 Å². The topological polar surface area (TPSA) is 63.2 Å². The van der Waals surface area contributed by atoms with Crippen molar-refractivity contribution in [3.8, 4) is 0 Å². The Bertz CT molecular complexity index is 634. The number of amides is 1. The lowest BCUT2D eigenvalue weighted by Crippen LogP contribution is -2.46. The largest absolute Gasteiger partial charge is 0.352 e. The molecule has 142 valence electrons. The zero-order valence-corrected chi connectivity index (χ0v) is 16.9. The van der Waals surface area contributed by atoms with Crippen molar-refractivity contribution >= 4 is 15.7 Å². The van der Waals surface area contributed by atoms with E-state index in [1.165, 1.54) is 44.1 Å². The number of rotatable bonds is 5. The average molecular weight is 368 g/mol. The summed E-state index contributed by atoms with van der Waals surface area (Å²) in [4.78, 5) is 12.3. The minimum Gasteiger partial charge on any atom is -0.352 e. The van der Waals surface area contributed by atoms with Crippen molar-refractivity contribution in [2.45, 2.75) is 71.0 Å². The number of carbonyl (C=O) groups is 1. The molecular weight excluding hydrogens is 334 g/mol. The molecule has 5 heteroatoms. The van der Waals surface area contributed by atoms with E-state index in [2.05, 4.69) is 12.2 Å². The van der Waals surface area contributed by atoms with Gasteiger partial charge in [-0.1, -0.05) is 5.57 Å². The van der Waals surface area contributed by atoms with E-state index in [-0.39, 0.29) is 23.6 Å². The first kappa shape index (κ1) is 18.9. The minimum atomic E-state index is -3.19. The molecule has 0 heterocycles.